The number of nitrogens with zero attached hydrogens (tertiary/aromatic N) is 1. The Bertz CT molecular complexity index is 189. The first-order valence-corrected chi connectivity index (χ1v) is 6.64. The van der Waals surface area contributed by atoms with Gasteiger partial charge in [-0.2, -0.15) is 0 Å². The molecule has 2 nitrogen and oxygen atoms in total. The zero-order valence-corrected chi connectivity index (χ0v) is 10.9. The van der Waals surface area contributed by atoms with Gasteiger partial charge in [0.25, 0.3) is 0 Å². The van der Waals surface area contributed by atoms with E-state index in [0.29, 0.717) is 18.5 Å². The van der Waals surface area contributed by atoms with Crippen LogP contribution in [0.1, 0.15) is 33.6 Å². The maximum Gasteiger partial charge on any atom is 0.226 e. The van der Waals surface area contributed by atoms with E-state index in [2.05, 4.69) is 4.90 Å². The zero-order chi connectivity index (χ0) is 11.8. The predicted molar refractivity (Wildman–Crippen MR) is 64.7 cm³/mol. The van der Waals surface area contributed by atoms with E-state index in [1.807, 2.05) is 32.5 Å². The fourth-order valence-electron chi connectivity index (χ4n) is 1.81. The van der Waals surface area contributed by atoms with Gasteiger partial charge in [-0.1, -0.05) is 20.8 Å². The average Bonchev–Trinajstić information content (AvgIpc) is 2.78. The second-order valence-corrected chi connectivity index (χ2v) is 4.62. The molecule has 2 fully saturated rings. The summed E-state index contributed by atoms with van der Waals surface area (Å²) in [5.41, 5.74) is 0. The quantitative estimate of drug-likeness (QED) is 0.643. The predicted octanol–water partition coefficient (Wildman–Crippen LogP) is 2.93. The summed E-state index contributed by atoms with van der Waals surface area (Å²) in [4.78, 5) is 13.6. The number of piperidine rings is 1. The van der Waals surface area contributed by atoms with Crippen molar-refractivity contribution in [1.82, 2.24) is 4.90 Å². The van der Waals surface area contributed by atoms with Crippen LogP contribution in [-0.2, 0) is 4.79 Å². The first-order valence-electron chi connectivity index (χ1n) is 5.59. The number of halogens is 1. The van der Waals surface area contributed by atoms with E-state index in [1.165, 1.54) is 6.42 Å². The van der Waals surface area contributed by atoms with Gasteiger partial charge >= 0.3 is 0 Å². The lowest BCUT2D eigenvalue weighted by atomic mass is 9.99. The minimum Gasteiger partial charge on any atom is -0.330 e. The van der Waals surface area contributed by atoms with Gasteiger partial charge in [-0.3, -0.25) is 9.18 Å². The molecule has 2 rings (SSSR count). The Morgan fingerprint density at radius 3 is 2.53 bits per heavy atom. The summed E-state index contributed by atoms with van der Waals surface area (Å²) in [5, 5.41) is 0.527. The number of alkyl halides is 1. The van der Waals surface area contributed by atoms with Gasteiger partial charge in [0.2, 0.25) is 5.91 Å². The molecule has 2 saturated heterocycles. The van der Waals surface area contributed by atoms with Crippen LogP contribution in [0.2, 0.25) is 0 Å². The van der Waals surface area contributed by atoms with Crippen LogP contribution in [0.3, 0.4) is 0 Å². The third kappa shape index (κ3) is 3.67. The van der Waals surface area contributed by atoms with Crippen LogP contribution in [-0.4, -0.2) is 35.7 Å². The molecule has 2 heterocycles. The number of thioether (sulfide) groups is 1. The van der Waals surface area contributed by atoms with Crippen molar-refractivity contribution >= 4 is 17.7 Å². The van der Waals surface area contributed by atoms with Crippen molar-refractivity contribution in [3.63, 3.8) is 0 Å². The molecule has 2 atom stereocenters. The van der Waals surface area contributed by atoms with Crippen LogP contribution in [0, 0.1) is 5.92 Å². The average molecular weight is 235 g/mol. The molecule has 2 unspecified atom stereocenters. The molecule has 2 aliphatic rings. The molecule has 2 aliphatic heterocycles. The first-order chi connectivity index (χ1) is 7.29. The topological polar surface area (TPSA) is 20.3 Å². The van der Waals surface area contributed by atoms with Crippen molar-refractivity contribution in [2.75, 3.05) is 19.5 Å². The third-order valence-electron chi connectivity index (χ3n) is 2.54. The number of amides is 1. The van der Waals surface area contributed by atoms with E-state index >= 15 is 0 Å². The number of carbonyl (C=O) groups is 1. The van der Waals surface area contributed by atoms with Gasteiger partial charge in [0.15, 0.2) is 0 Å². The minimum atomic E-state index is 0.282. The Morgan fingerprint density at radius 2 is 1.93 bits per heavy atom. The molecule has 0 aromatic carbocycles. The molecular weight excluding hydrogens is 213 g/mol. The SMILES string of the molecule is CC.CC1CCC2SCCN2C1=O.CF. The van der Waals surface area contributed by atoms with Gasteiger partial charge in [0, 0.05) is 18.2 Å². The van der Waals surface area contributed by atoms with Crippen molar-refractivity contribution in [3.05, 3.63) is 0 Å². The molecule has 0 spiro atoms. The summed E-state index contributed by atoms with van der Waals surface area (Å²) in [5.74, 6) is 1.81. The number of hydrogen-bond donors (Lipinski definition) is 0. The lowest BCUT2D eigenvalue weighted by Gasteiger charge is -2.32. The van der Waals surface area contributed by atoms with E-state index in [-0.39, 0.29) is 5.92 Å². The zero-order valence-electron chi connectivity index (χ0n) is 10.1. The highest BCUT2D eigenvalue weighted by Gasteiger charge is 2.35. The number of fused-ring (bicyclic) bond motifs is 1. The van der Waals surface area contributed by atoms with Gasteiger partial charge in [-0.25, -0.2) is 0 Å². The lowest BCUT2D eigenvalue weighted by Crippen LogP contribution is -2.42. The largest absolute Gasteiger partial charge is 0.330 e. The Balaban J connectivity index is 0.000000442. The fraction of sp³-hybridized carbons (Fsp3) is 0.909. The second-order valence-electron chi connectivity index (χ2n) is 3.34. The number of hydrogen-bond acceptors (Lipinski definition) is 2. The summed E-state index contributed by atoms with van der Waals surface area (Å²) in [6, 6.07) is 0. The van der Waals surface area contributed by atoms with Gasteiger partial charge in [-0.05, 0) is 12.8 Å². The summed E-state index contributed by atoms with van der Waals surface area (Å²) in [6.07, 6.45) is 2.30. The van der Waals surface area contributed by atoms with Gasteiger partial charge in [0.05, 0.1) is 12.6 Å². The van der Waals surface area contributed by atoms with Crippen LogP contribution in [0.4, 0.5) is 4.39 Å². The van der Waals surface area contributed by atoms with Crippen molar-refractivity contribution < 1.29 is 9.18 Å². The summed E-state index contributed by atoms with van der Waals surface area (Å²) < 4.78 is 9.50. The second kappa shape index (κ2) is 7.97. The van der Waals surface area contributed by atoms with E-state index in [9.17, 15) is 9.18 Å². The maximum absolute atomic E-state index is 11.5. The lowest BCUT2D eigenvalue weighted by molar-refractivity contribution is -0.137. The van der Waals surface area contributed by atoms with E-state index in [4.69, 9.17) is 0 Å². The molecule has 1 amide bonds. The van der Waals surface area contributed by atoms with Crippen molar-refractivity contribution in [1.29, 1.82) is 0 Å². The number of carbonyl (C=O) groups excluding carboxylic acids is 1. The first kappa shape index (κ1) is 14.8. The normalized spacial score (nSPS) is 28.3. The molecular formula is C11H22FNOS. The highest BCUT2D eigenvalue weighted by molar-refractivity contribution is 8.00. The Labute approximate surface area is 96.6 Å². The van der Waals surface area contributed by atoms with Crippen molar-refractivity contribution in [2.45, 2.75) is 39.0 Å². The Hall–Kier alpha value is -0.250. The van der Waals surface area contributed by atoms with Crippen molar-refractivity contribution in [3.8, 4) is 0 Å². The summed E-state index contributed by atoms with van der Waals surface area (Å²) >= 11 is 1.94. The van der Waals surface area contributed by atoms with E-state index in [0.717, 1.165) is 18.7 Å². The van der Waals surface area contributed by atoms with Crippen LogP contribution in [0.5, 0.6) is 0 Å². The van der Waals surface area contributed by atoms with E-state index in [1.54, 1.807) is 0 Å². The van der Waals surface area contributed by atoms with Crippen LogP contribution in [0.25, 0.3) is 0 Å². The Morgan fingerprint density at radius 1 is 1.33 bits per heavy atom. The summed E-state index contributed by atoms with van der Waals surface area (Å²) in [6.45, 7) is 7.03. The maximum atomic E-state index is 11.5. The van der Waals surface area contributed by atoms with Gasteiger partial charge < -0.3 is 4.90 Å². The molecule has 0 saturated carbocycles. The van der Waals surface area contributed by atoms with Gasteiger partial charge in [-0.15, -0.1) is 11.8 Å². The molecule has 0 bridgehead atoms. The van der Waals surface area contributed by atoms with Crippen LogP contribution >= 0.6 is 11.8 Å². The fourth-order valence-corrected chi connectivity index (χ4v) is 3.08. The highest BCUT2D eigenvalue weighted by atomic mass is 32.2. The van der Waals surface area contributed by atoms with Crippen molar-refractivity contribution in [2.24, 2.45) is 5.92 Å². The standard InChI is InChI=1S/C8H13NOS.C2H6.CH3F/c1-6-2-3-7-9(8(6)10)4-5-11-7;2*1-2/h6-7H,2-5H2,1H3;1-2H3;1H3. The molecule has 15 heavy (non-hydrogen) atoms. The van der Waals surface area contributed by atoms with Crippen LogP contribution < -0.4 is 0 Å². The molecule has 0 N–H and O–H groups in total. The number of rotatable bonds is 0. The van der Waals surface area contributed by atoms with E-state index < -0.39 is 0 Å². The Kier molecular flexibility index (Phi) is 7.83. The molecule has 0 aromatic heterocycles. The smallest absolute Gasteiger partial charge is 0.226 e. The van der Waals surface area contributed by atoms with Crippen LogP contribution in [0.15, 0.2) is 0 Å². The monoisotopic (exact) mass is 235 g/mol. The third-order valence-corrected chi connectivity index (χ3v) is 3.83. The summed E-state index contributed by atoms with van der Waals surface area (Å²) in [7, 11) is 0.500. The van der Waals surface area contributed by atoms with Gasteiger partial charge in [0.1, 0.15) is 0 Å². The molecule has 90 valence electrons. The minimum absolute atomic E-state index is 0.282. The molecule has 4 heteroatoms. The molecule has 0 aliphatic carbocycles. The highest BCUT2D eigenvalue weighted by Crippen LogP contribution is 2.34. The molecule has 0 radical (unpaired) electrons. The molecule has 0 aromatic rings.